The predicted octanol–water partition coefficient (Wildman–Crippen LogP) is -0.143. The molecule has 0 saturated heterocycles. The zero-order valence-corrected chi connectivity index (χ0v) is 9.33. The molecule has 0 bridgehead atoms. The molecule has 4 nitrogen and oxygen atoms in total. The second kappa shape index (κ2) is 6.26. The highest BCUT2D eigenvalue weighted by molar-refractivity contribution is 7.91. The number of carbonyl (C=O) groups is 1. The summed E-state index contributed by atoms with van der Waals surface area (Å²) < 4.78 is 21.9. The molecule has 0 aliphatic heterocycles. The Bertz CT molecular complexity index is 248. The normalized spacial score (nSPS) is 11.2. The van der Waals surface area contributed by atoms with Crippen LogP contribution in [0.1, 0.15) is 13.3 Å². The lowest BCUT2D eigenvalue weighted by Crippen LogP contribution is -2.29. The van der Waals surface area contributed by atoms with E-state index in [2.05, 4.69) is 17.9 Å². The lowest BCUT2D eigenvalue weighted by atomic mass is 10.4. The summed E-state index contributed by atoms with van der Waals surface area (Å²) in [5.74, 6) is 0.463. The van der Waals surface area contributed by atoms with Crippen LogP contribution in [-0.4, -0.2) is 38.1 Å². The molecule has 0 aromatic heterocycles. The molecule has 6 heteroatoms. The van der Waals surface area contributed by atoms with E-state index in [1.165, 1.54) is 0 Å². The molecule has 0 aromatic carbocycles. The van der Waals surface area contributed by atoms with Gasteiger partial charge in [0.15, 0.2) is 9.84 Å². The van der Waals surface area contributed by atoms with Crippen molar-refractivity contribution in [2.75, 3.05) is 23.8 Å². The van der Waals surface area contributed by atoms with E-state index in [9.17, 15) is 13.2 Å². The fourth-order valence-corrected chi connectivity index (χ4v) is 1.59. The van der Waals surface area contributed by atoms with E-state index in [0.29, 0.717) is 12.2 Å². The Balaban J connectivity index is 3.62. The first-order chi connectivity index (χ1) is 6.02. The maximum atomic E-state index is 11.0. The first kappa shape index (κ1) is 12.8. The molecule has 1 amide bonds. The predicted molar refractivity (Wildman–Crippen MR) is 55.8 cm³/mol. The first-order valence-electron chi connectivity index (χ1n) is 4.10. The molecule has 1 N–H and O–H groups in total. The summed E-state index contributed by atoms with van der Waals surface area (Å²) in [6, 6.07) is 0. The van der Waals surface area contributed by atoms with E-state index in [-0.39, 0.29) is 24.0 Å². The van der Waals surface area contributed by atoms with Crippen LogP contribution in [0.3, 0.4) is 0 Å². The third-order valence-electron chi connectivity index (χ3n) is 1.51. The van der Waals surface area contributed by atoms with Crippen molar-refractivity contribution < 1.29 is 13.2 Å². The molecular weight excluding hydrogens is 210 g/mol. The van der Waals surface area contributed by atoms with E-state index >= 15 is 0 Å². The summed E-state index contributed by atoms with van der Waals surface area (Å²) >= 11 is 3.88. The van der Waals surface area contributed by atoms with E-state index in [0.717, 1.165) is 0 Å². The number of hydrogen-bond acceptors (Lipinski definition) is 4. The van der Waals surface area contributed by atoms with Crippen LogP contribution < -0.4 is 5.32 Å². The fraction of sp³-hybridized carbons (Fsp3) is 0.857. The lowest BCUT2D eigenvalue weighted by Gasteiger charge is -2.03. The number of nitrogens with one attached hydrogen (secondary N) is 1. The molecule has 0 aliphatic rings. The maximum Gasteiger partial charge on any atom is 0.220 e. The van der Waals surface area contributed by atoms with Crippen molar-refractivity contribution in [1.29, 1.82) is 0 Å². The van der Waals surface area contributed by atoms with Crippen LogP contribution in [0.25, 0.3) is 0 Å². The molecule has 78 valence electrons. The van der Waals surface area contributed by atoms with Crippen molar-refractivity contribution in [2.24, 2.45) is 0 Å². The molecule has 0 spiro atoms. The summed E-state index contributed by atoms with van der Waals surface area (Å²) in [5.41, 5.74) is 0. The number of sulfone groups is 1. The van der Waals surface area contributed by atoms with Gasteiger partial charge in [0.25, 0.3) is 0 Å². The summed E-state index contributed by atoms with van der Waals surface area (Å²) in [4.78, 5) is 10.9. The third-order valence-corrected chi connectivity index (χ3v) is 3.44. The van der Waals surface area contributed by atoms with Gasteiger partial charge in [-0.2, -0.15) is 12.6 Å². The van der Waals surface area contributed by atoms with Crippen LogP contribution in [0.4, 0.5) is 0 Å². The SMILES string of the molecule is CCS(=O)(=O)CCNC(=O)CCS. The summed E-state index contributed by atoms with van der Waals surface area (Å²) in [7, 11) is -2.96. The van der Waals surface area contributed by atoms with E-state index in [1.54, 1.807) is 6.92 Å². The Morgan fingerprint density at radius 2 is 2.08 bits per heavy atom. The standard InChI is InChI=1S/C7H15NO3S2/c1-2-13(10,11)6-4-8-7(9)3-5-12/h12H,2-6H2,1H3,(H,8,9). The van der Waals surface area contributed by atoms with Crippen molar-refractivity contribution in [1.82, 2.24) is 5.32 Å². The number of thiol groups is 1. The highest BCUT2D eigenvalue weighted by Gasteiger charge is 2.07. The van der Waals surface area contributed by atoms with E-state index in [4.69, 9.17) is 0 Å². The van der Waals surface area contributed by atoms with Gasteiger partial charge in [0.05, 0.1) is 5.75 Å². The van der Waals surface area contributed by atoms with Crippen LogP contribution in [0.5, 0.6) is 0 Å². The maximum absolute atomic E-state index is 11.0. The van der Waals surface area contributed by atoms with Crippen LogP contribution in [0.15, 0.2) is 0 Å². The zero-order chi connectivity index (χ0) is 10.3. The second-order valence-electron chi connectivity index (χ2n) is 2.56. The molecule has 0 aliphatic carbocycles. The van der Waals surface area contributed by atoms with Crippen LogP contribution in [-0.2, 0) is 14.6 Å². The van der Waals surface area contributed by atoms with E-state index in [1.807, 2.05) is 0 Å². The minimum absolute atomic E-state index is 0.0157. The molecule has 0 atom stereocenters. The summed E-state index contributed by atoms with van der Waals surface area (Å²) in [6.45, 7) is 1.79. The topological polar surface area (TPSA) is 63.2 Å². The molecule has 0 radical (unpaired) electrons. The average Bonchev–Trinajstić information content (AvgIpc) is 2.05. The highest BCUT2D eigenvalue weighted by atomic mass is 32.2. The van der Waals surface area contributed by atoms with Gasteiger partial charge in [-0.15, -0.1) is 0 Å². The van der Waals surface area contributed by atoms with Gasteiger partial charge in [-0.1, -0.05) is 6.92 Å². The Morgan fingerprint density at radius 3 is 2.54 bits per heavy atom. The molecule has 0 rings (SSSR count). The minimum atomic E-state index is -2.96. The lowest BCUT2D eigenvalue weighted by molar-refractivity contribution is -0.120. The summed E-state index contributed by atoms with van der Waals surface area (Å²) in [5, 5.41) is 2.51. The fourth-order valence-electron chi connectivity index (χ4n) is 0.680. The Labute approximate surface area is 84.4 Å². The third kappa shape index (κ3) is 6.89. The Kier molecular flexibility index (Phi) is 6.15. The van der Waals surface area contributed by atoms with E-state index < -0.39 is 9.84 Å². The van der Waals surface area contributed by atoms with Crippen LogP contribution in [0, 0.1) is 0 Å². The largest absolute Gasteiger partial charge is 0.355 e. The average molecular weight is 225 g/mol. The van der Waals surface area contributed by atoms with Gasteiger partial charge in [-0.3, -0.25) is 4.79 Å². The molecule has 0 heterocycles. The second-order valence-corrected chi connectivity index (χ2v) is 5.48. The van der Waals surface area contributed by atoms with Gasteiger partial charge in [0.2, 0.25) is 5.91 Å². The van der Waals surface area contributed by atoms with Gasteiger partial charge in [-0.25, -0.2) is 8.42 Å². The highest BCUT2D eigenvalue weighted by Crippen LogP contribution is 1.88. The van der Waals surface area contributed by atoms with Gasteiger partial charge in [-0.05, 0) is 5.75 Å². The minimum Gasteiger partial charge on any atom is -0.355 e. The van der Waals surface area contributed by atoms with Gasteiger partial charge in [0.1, 0.15) is 0 Å². The van der Waals surface area contributed by atoms with Crippen LogP contribution in [0.2, 0.25) is 0 Å². The quantitative estimate of drug-likeness (QED) is 0.618. The summed E-state index contributed by atoms with van der Waals surface area (Å²) in [6.07, 6.45) is 0.329. The molecule has 0 saturated carbocycles. The molecule has 0 aromatic rings. The van der Waals surface area contributed by atoms with Crippen LogP contribution >= 0.6 is 12.6 Å². The van der Waals surface area contributed by atoms with Gasteiger partial charge >= 0.3 is 0 Å². The zero-order valence-electron chi connectivity index (χ0n) is 7.62. The van der Waals surface area contributed by atoms with Crippen molar-refractivity contribution >= 4 is 28.4 Å². The van der Waals surface area contributed by atoms with Crippen molar-refractivity contribution in [3.8, 4) is 0 Å². The number of amides is 1. The monoisotopic (exact) mass is 225 g/mol. The first-order valence-corrected chi connectivity index (χ1v) is 6.55. The molecular formula is C7H15NO3S2. The molecule has 0 unspecified atom stereocenters. The molecule has 0 fully saturated rings. The number of carbonyl (C=O) groups excluding carboxylic acids is 1. The van der Waals surface area contributed by atoms with Crippen molar-refractivity contribution in [3.63, 3.8) is 0 Å². The Morgan fingerprint density at radius 1 is 1.46 bits per heavy atom. The number of rotatable bonds is 6. The smallest absolute Gasteiger partial charge is 0.220 e. The Hall–Kier alpha value is -0.230. The van der Waals surface area contributed by atoms with Gasteiger partial charge < -0.3 is 5.32 Å². The molecule has 13 heavy (non-hydrogen) atoms. The number of hydrogen-bond donors (Lipinski definition) is 2. The van der Waals surface area contributed by atoms with Gasteiger partial charge in [0, 0.05) is 18.7 Å². The van der Waals surface area contributed by atoms with Crippen molar-refractivity contribution in [2.45, 2.75) is 13.3 Å². The van der Waals surface area contributed by atoms with Crippen molar-refractivity contribution in [3.05, 3.63) is 0 Å².